The van der Waals surface area contributed by atoms with Crippen molar-refractivity contribution >= 4 is 11.9 Å². The molecule has 1 aliphatic rings. The summed E-state index contributed by atoms with van der Waals surface area (Å²) in [6.45, 7) is 8.17. The molecule has 38 heavy (non-hydrogen) atoms. The lowest BCUT2D eigenvalue weighted by atomic mass is 9.87. The lowest BCUT2D eigenvalue weighted by Gasteiger charge is -2.19. The van der Waals surface area contributed by atoms with Gasteiger partial charge in [0.05, 0.1) is 0 Å². The maximum atomic E-state index is 12.4. The van der Waals surface area contributed by atoms with Gasteiger partial charge in [0.1, 0.15) is 0 Å². The first-order valence-corrected chi connectivity index (χ1v) is 12.4. The maximum absolute atomic E-state index is 12.4. The summed E-state index contributed by atoms with van der Waals surface area (Å²) in [7, 11) is 0. The molecular weight excluding hydrogens is 493 g/mol. The van der Waals surface area contributed by atoms with E-state index in [1.165, 1.54) is 16.7 Å². The fourth-order valence-electron chi connectivity index (χ4n) is 3.92. The lowest BCUT2D eigenvalue weighted by molar-refractivity contribution is -0.192. The number of carboxylic acids is 1. The molecule has 1 aliphatic carbocycles. The summed E-state index contributed by atoms with van der Waals surface area (Å²) < 4.78 is 31.7. The van der Waals surface area contributed by atoms with Crippen molar-refractivity contribution in [2.75, 3.05) is 0 Å². The first-order chi connectivity index (χ1) is 17.8. The predicted octanol–water partition coefficient (Wildman–Crippen LogP) is 6.19. The average molecular weight is 527 g/mol. The summed E-state index contributed by atoms with van der Waals surface area (Å²) >= 11 is 0. The van der Waals surface area contributed by atoms with Crippen LogP contribution in [-0.4, -0.2) is 29.2 Å². The third kappa shape index (κ3) is 8.73. The van der Waals surface area contributed by atoms with Crippen molar-refractivity contribution in [3.05, 3.63) is 107 Å². The van der Waals surface area contributed by atoms with E-state index in [2.05, 4.69) is 67.8 Å². The second-order valence-corrected chi connectivity index (χ2v) is 10.4. The molecule has 4 rings (SSSR count). The molecule has 1 amide bonds. The summed E-state index contributed by atoms with van der Waals surface area (Å²) in [6.07, 6.45) is -3.93. The van der Waals surface area contributed by atoms with Crippen molar-refractivity contribution in [1.82, 2.24) is 10.6 Å². The van der Waals surface area contributed by atoms with Gasteiger partial charge in [-0.25, -0.2) is 4.79 Å². The Morgan fingerprint density at radius 1 is 0.842 bits per heavy atom. The first-order valence-electron chi connectivity index (χ1n) is 12.4. The number of halogens is 3. The van der Waals surface area contributed by atoms with E-state index in [-0.39, 0.29) is 11.3 Å². The summed E-state index contributed by atoms with van der Waals surface area (Å²) in [5.41, 5.74) is 6.01. The van der Waals surface area contributed by atoms with Gasteiger partial charge in [-0.1, -0.05) is 87.5 Å². The molecule has 0 radical (unpaired) electrons. The number of amides is 1. The van der Waals surface area contributed by atoms with Gasteiger partial charge in [0, 0.05) is 30.6 Å². The monoisotopic (exact) mass is 526 g/mol. The van der Waals surface area contributed by atoms with Crippen LogP contribution in [0.3, 0.4) is 0 Å². The van der Waals surface area contributed by atoms with E-state index < -0.39 is 12.1 Å². The third-order valence-corrected chi connectivity index (χ3v) is 6.32. The number of carbonyl (C=O) groups excluding carboxylic acids is 1. The molecule has 1 fully saturated rings. The molecule has 0 aromatic heterocycles. The van der Waals surface area contributed by atoms with Crippen LogP contribution in [0.2, 0.25) is 0 Å². The molecule has 1 saturated carbocycles. The second-order valence-electron chi connectivity index (χ2n) is 10.4. The van der Waals surface area contributed by atoms with Crippen molar-refractivity contribution in [3.8, 4) is 0 Å². The molecule has 5 nitrogen and oxygen atoms in total. The zero-order valence-corrected chi connectivity index (χ0v) is 21.7. The fourth-order valence-corrected chi connectivity index (χ4v) is 3.92. The van der Waals surface area contributed by atoms with Crippen molar-refractivity contribution in [1.29, 1.82) is 0 Å². The van der Waals surface area contributed by atoms with E-state index in [0.29, 0.717) is 24.1 Å². The van der Waals surface area contributed by atoms with E-state index in [0.717, 1.165) is 18.5 Å². The van der Waals surface area contributed by atoms with Gasteiger partial charge < -0.3 is 15.7 Å². The van der Waals surface area contributed by atoms with E-state index in [1.54, 1.807) is 0 Å². The van der Waals surface area contributed by atoms with Crippen LogP contribution < -0.4 is 10.6 Å². The van der Waals surface area contributed by atoms with Crippen LogP contribution in [0, 0.1) is 0 Å². The largest absolute Gasteiger partial charge is 0.490 e. The summed E-state index contributed by atoms with van der Waals surface area (Å²) in [5.74, 6) is -2.25. The number of hydrogen-bond donors (Lipinski definition) is 3. The average Bonchev–Trinajstić information content (AvgIpc) is 3.66. The second kappa shape index (κ2) is 12.3. The number of carbonyl (C=O) groups is 2. The van der Waals surface area contributed by atoms with Crippen LogP contribution >= 0.6 is 0 Å². The van der Waals surface area contributed by atoms with E-state index in [1.807, 2.05) is 42.5 Å². The molecule has 0 heterocycles. The standard InChI is InChI=1S/C28H32N2O.C2HF3O2/c1-28(2,3)24-15-9-21(10-16-24)18-29-26-17-25(26)22-11-13-23(14-12-22)27(31)30-19-20-7-5-4-6-8-20;3-2(4,5)1(6)7/h4-16,25-26,29H,17-19H2,1-3H3,(H,30,31);(H,6,7)/t25-,26+;/m0./s1. The predicted molar refractivity (Wildman–Crippen MR) is 141 cm³/mol. The van der Waals surface area contributed by atoms with Crippen LogP contribution in [0.1, 0.15) is 65.7 Å². The zero-order valence-electron chi connectivity index (χ0n) is 21.7. The Morgan fingerprint density at radius 3 is 1.92 bits per heavy atom. The van der Waals surface area contributed by atoms with Gasteiger partial charge in [-0.3, -0.25) is 4.79 Å². The van der Waals surface area contributed by atoms with Crippen LogP contribution in [0.5, 0.6) is 0 Å². The van der Waals surface area contributed by atoms with Gasteiger partial charge in [0.15, 0.2) is 0 Å². The number of hydrogen-bond acceptors (Lipinski definition) is 3. The number of alkyl halides is 3. The fraction of sp³-hybridized carbons (Fsp3) is 0.333. The molecule has 0 unspecified atom stereocenters. The summed E-state index contributed by atoms with van der Waals surface area (Å²) in [6, 6.07) is 27.5. The summed E-state index contributed by atoms with van der Waals surface area (Å²) in [5, 5.41) is 13.8. The molecule has 0 bridgehead atoms. The SMILES string of the molecule is CC(C)(C)c1ccc(CN[C@@H]2C[C@H]2c2ccc(C(=O)NCc3ccccc3)cc2)cc1.O=C(O)C(F)(F)F. The quantitative estimate of drug-likeness (QED) is 0.343. The lowest BCUT2D eigenvalue weighted by Crippen LogP contribution is -2.22. The van der Waals surface area contributed by atoms with Crippen molar-refractivity contribution < 1.29 is 27.9 Å². The highest BCUT2D eigenvalue weighted by Crippen LogP contribution is 2.41. The molecule has 202 valence electrons. The van der Waals surface area contributed by atoms with Gasteiger partial charge in [-0.2, -0.15) is 13.2 Å². The number of rotatable bonds is 7. The third-order valence-electron chi connectivity index (χ3n) is 6.32. The Hall–Kier alpha value is -3.65. The highest BCUT2D eigenvalue weighted by atomic mass is 19.4. The van der Waals surface area contributed by atoms with Gasteiger partial charge in [-0.05, 0) is 46.2 Å². The highest BCUT2D eigenvalue weighted by molar-refractivity contribution is 5.94. The van der Waals surface area contributed by atoms with Crippen molar-refractivity contribution in [2.45, 2.75) is 63.8 Å². The minimum absolute atomic E-state index is 0.0282. The first kappa shape index (κ1) is 28.9. The molecular formula is C30H33F3N2O3. The van der Waals surface area contributed by atoms with Crippen molar-refractivity contribution in [2.24, 2.45) is 0 Å². The van der Waals surface area contributed by atoms with Crippen LogP contribution in [0.25, 0.3) is 0 Å². The van der Waals surface area contributed by atoms with Crippen LogP contribution in [0.15, 0.2) is 78.9 Å². The Morgan fingerprint density at radius 2 is 1.39 bits per heavy atom. The summed E-state index contributed by atoms with van der Waals surface area (Å²) in [4.78, 5) is 21.3. The van der Waals surface area contributed by atoms with Gasteiger partial charge in [-0.15, -0.1) is 0 Å². The molecule has 0 spiro atoms. The van der Waals surface area contributed by atoms with E-state index in [9.17, 15) is 18.0 Å². The molecule has 3 N–H and O–H groups in total. The minimum atomic E-state index is -5.08. The van der Waals surface area contributed by atoms with Crippen molar-refractivity contribution in [3.63, 3.8) is 0 Å². The van der Waals surface area contributed by atoms with Gasteiger partial charge >= 0.3 is 12.1 Å². The molecule has 3 aromatic carbocycles. The van der Waals surface area contributed by atoms with Crippen LogP contribution in [-0.2, 0) is 23.3 Å². The number of benzene rings is 3. The Labute approximate surface area is 221 Å². The molecule has 2 atom stereocenters. The topological polar surface area (TPSA) is 78.4 Å². The van der Waals surface area contributed by atoms with Gasteiger partial charge in [0.2, 0.25) is 0 Å². The smallest absolute Gasteiger partial charge is 0.475 e. The highest BCUT2D eigenvalue weighted by Gasteiger charge is 2.38. The normalized spacial score (nSPS) is 16.7. The van der Waals surface area contributed by atoms with E-state index in [4.69, 9.17) is 9.90 Å². The molecule has 0 aliphatic heterocycles. The molecule has 0 saturated heterocycles. The Bertz CT molecular complexity index is 1200. The number of nitrogens with one attached hydrogen (secondary N) is 2. The van der Waals surface area contributed by atoms with E-state index >= 15 is 0 Å². The Kier molecular flexibility index (Phi) is 9.33. The Balaban J connectivity index is 0.000000505. The molecule has 8 heteroatoms. The number of carboxylic acid groups (broad SMARTS) is 1. The molecule has 3 aromatic rings. The minimum Gasteiger partial charge on any atom is -0.475 e. The van der Waals surface area contributed by atoms with Gasteiger partial charge in [0.25, 0.3) is 5.91 Å². The number of aliphatic carboxylic acids is 1. The maximum Gasteiger partial charge on any atom is 0.490 e. The zero-order chi connectivity index (χ0) is 27.9. The van der Waals surface area contributed by atoms with Crippen LogP contribution in [0.4, 0.5) is 13.2 Å².